The zero-order valence-corrected chi connectivity index (χ0v) is 19.1. The van der Waals surface area contributed by atoms with E-state index in [2.05, 4.69) is 35.1 Å². The number of hydrogen-bond donors (Lipinski definition) is 1. The summed E-state index contributed by atoms with van der Waals surface area (Å²) in [6.07, 6.45) is 8.12. The summed E-state index contributed by atoms with van der Waals surface area (Å²) in [6.45, 7) is 5.71. The van der Waals surface area contributed by atoms with Crippen LogP contribution < -0.4 is 14.8 Å². The Morgan fingerprint density at radius 1 is 0.897 bits per heavy atom. The number of halogens is 1. The van der Waals surface area contributed by atoms with Crippen LogP contribution in [0.4, 0.5) is 5.69 Å². The van der Waals surface area contributed by atoms with Crippen LogP contribution in [0.1, 0.15) is 69.2 Å². The quantitative estimate of drug-likeness (QED) is 0.320. The van der Waals surface area contributed by atoms with Crippen LogP contribution in [-0.4, -0.2) is 19.1 Å². The average Bonchev–Trinajstić information content (AvgIpc) is 2.72. The van der Waals surface area contributed by atoms with Crippen molar-refractivity contribution in [3.8, 4) is 11.5 Å². The van der Waals surface area contributed by atoms with Gasteiger partial charge in [-0.05, 0) is 59.1 Å². The predicted octanol–water partition coefficient (Wildman–Crippen LogP) is 7.23. The molecule has 0 aromatic heterocycles. The molecule has 158 valence electrons. The number of ether oxygens (including phenoxy) is 2. The number of hydrogen-bond acceptors (Lipinski definition) is 3. The molecular weight excluding hydrogens is 430 g/mol. The molecule has 0 fully saturated rings. The van der Waals surface area contributed by atoms with Gasteiger partial charge in [-0.25, -0.2) is 0 Å². The summed E-state index contributed by atoms with van der Waals surface area (Å²) >= 11 is 3.49. The van der Waals surface area contributed by atoms with Crippen LogP contribution >= 0.6 is 15.9 Å². The fourth-order valence-corrected chi connectivity index (χ4v) is 3.34. The number of nitrogens with one attached hydrogen (secondary N) is 1. The van der Waals surface area contributed by atoms with Crippen molar-refractivity contribution in [2.75, 3.05) is 18.5 Å². The molecule has 5 heteroatoms. The van der Waals surface area contributed by atoms with Crippen LogP contribution in [0.5, 0.6) is 11.5 Å². The molecule has 0 spiro atoms. The van der Waals surface area contributed by atoms with Crippen LogP contribution in [0.3, 0.4) is 0 Å². The molecule has 29 heavy (non-hydrogen) atoms. The number of anilines is 1. The summed E-state index contributed by atoms with van der Waals surface area (Å²) in [5, 5.41) is 2.94. The van der Waals surface area contributed by atoms with E-state index >= 15 is 0 Å². The molecule has 2 aromatic carbocycles. The van der Waals surface area contributed by atoms with Crippen molar-refractivity contribution in [2.24, 2.45) is 0 Å². The molecule has 0 bridgehead atoms. The lowest BCUT2D eigenvalue weighted by Crippen LogP contribution is -2.12. The van der Waals surface area contributed by atoms with Crippen LogP contribution in [0.25, 0.3) is 0 Å². The van der Waals surface area contributed by atoms with E-state index in [1.807, 2.05) is 30.3 Å². The van der Waals surface area contributed by atoms with Gasteiger partial charge in [0.1, 0.15) is 11.5 Å². The van der Waals surface area contributed by atoms with Crippen molar-refractivity contribution in [1.82, 2.24) is 0 Å². The molecule has 1 amide bonds. The van der Waals surface area contributed by atoms with Gasteiger partial charge in [0, 0.05) is 17.3 Å². The standard InChI is InChI=1S/C24H32BrNO3/c1-3-5-7-8-9-16-28-21-12-10-11-20(18-21)26-24(27)19-13-14-23(22(25)17-19)29-15-6-4-2/h10-14,17-18H,3-9,15-16H2,1-2H3,(H,26,27). The Labute approximate surface area is 183 Å². The van der Waals surface area contributed by atoms with Gasteiger partial charge in [-0.1, -0.05) is 52.0 Å². The topological polar surface area (TPSA) is 47.6 Å². The Morgan fingerprint density at radius 2 is 1.66 bits per heavy atom. The normalized spacial score (nSPS) is 10.6. The summed E-state index contributed by atoms with van der Waals surface area (Å²) in [5.74, 6) is 1.37. The third-order valence-electron chi connectivity index (χ3n) is 4.56. The van der Waals surface area contributed by atoms with Gasteiger partial charge in [0.25, 0.3) is 5.91 Å². The Bertz CT molecular complexity index is 764. The third kappa shape index (κ3) is 8.48. The number of rotatable bonds is 13. The summed E-state index contributed by atoms with van der Waals surface area (Å²) in [4.78, 5) is 12.6. The number of benzene rings is 2. The minimum atomic E-state index is -0.164. The summed E-state index contributed by atoms with van der Waals surface area (Å²) in [5.41, 5.74) is 1.29. The van der Waals surface area contributed by atoms with E-state index in [-0.39, 0.29) is 5.91 Å². The lowest BCUT2D eigenvalue weighted by Gasteiger charge is -2.11. The molecule has 0 atom stereocenters. The van der Waals surface area contributed by atoms with Gasteiger partial charge in [0.05, 0.1) is 17.7 Å². The molecule has 0 heterocycles. The maximum atomic E-state index is 12.6. The first kappa shape index (κ1) is 23.3. The lowest BCUT2D eigenvalue weighted by atomic mass is 10.2. The maximum absolute atomic E-state index is 12.6. The number of amides is 1. The number of carbonyl (C=O) groups is 1. The zero-order chi connectivity index (χ0) is 20.9. The SMILES string of the molecule is CCCCCCCOc1cccc(NC(=O)c2ccc(OCCCC)c(Br)c2)c1. The highest BCUT2D eigenvalue weighted by Gasteiger charge is 2.10. The summed E-state index contributed by atoms with van der Waals surface area (Å²) < 4.78 is 12.3. The van der Waals surface area contributed by atoms with E-state index in [1.165, 1.54) is 25.7 Å². The Hall–Kier alpha value is -2.01. The van der Waals surface area contributed by atoms with E-state index in [4.69, 9.17) is 9.47 Å². The van der Waals surface area contributed by atoms with Gasteiger partial charge in [-0.3, -0.25) is 4.79 Å². The first-order chi connectivity index (χ1) is 14.1. The maximum Gasteiger partial charge on any atom is 0.255 e. The van der Waals surface area contributed by atoms with Crippen LogP contribution in [0.15, 0.2) is 46.9 Å². The van der Waals surface area contributed by atoms with Gasteiger partial charge in [-0.2, -0.15) is 0 Å². The predicted molar refractivity (Wildman–Crippen MR) is 123 cm³/mol. The minimum Gasteiger partial charge on any atom is -0.494 e. The number of carbonyl (C=O) groups excluding carboxylic acids is 1. The average molecular weight is 462 g/mol. The van der Waals surface area contributed by atoms with Gasteiger partial charge in [0.2, 0.25) is 0 Å². The summed E-state index contributed by atoms with van der Waals surface area (Å²) in [6, 6.07) is 12.9. The molecule has 2 aromatic rings. The Balaban J connectivity index is 1.87. The molecule has 0 aliphatic heterocycles. The molecule has 2 rings (SSSR count). The van der Waals surface area contributed by atoms with Crippen molar-refractivity contribution >= 4 is 27.5 Å². The van der Waals surface area contributed by atoms with E-state index in [1.54, 1.807) is 12.1 Å². The van der Waals surface area contributed by atoms with Crippen molar-refractivity contribution < 1.29 is 14.3 Å². The largest absolute Gasteiger partial charge is 0.494 e. The van der Waals surface area contributed by atoms with Crippen molar-refractivity contribution in [3.05, 3.63) is 52.5 Å². The van der Waals surface area contributed by atoms with Crippen LogP contribution in [-0.2, 0) is 0 Å². The highest BCUT2D eigenvalue weighted by Crippen LogP contribution is 2.27. The molecular formula is C24H32BrNO3. The second-order valence-electron chi connectivity index (χ2n) is 7.09. The first-order valence-electron chi connectivity index (χ1n) is 10.6. The molecule has 0 unspecified atom stereocenters. The molecule has 1 N–H and O–H groups in total. The highest BCUT2D eigenvalue weighted by molar-refractivity contribution is 9.10. The fourth-order valence-electron chi connectivity index (χ4n) is 2.85. The Kier molecular flexibility index (Phi) is 10.6. The van der Waals surface area contributed by atoms with Crippen molar-refractivity contribution in [3.63, 3.8) is 0 Å². The van der Waals surface area contributed by atoms with Crippen molar-refractivity contribution in [2.45, 2.75) is 58.8 Å². The third-order valence-corrected chi connectivity index (χ3v) is 5.18. The monoisotopic (exact) mass is 461 g/mol. The van der Waals surface area contributed by atoms with Crippen LogP contribution in [0.2, 0.25) is 0 Å². The van der Waals surface area contributed by atoms with E-state index in [9.17, 15) is 4.79 Å². The van der Waals surface area contributed by atoms with Gasteiger partial charge < -0.3 is 14.8 Å². The highest BCUT2D eigenvalue weighted by atomic mass is 79.9. The van der Waals surface area contributed by atoms with Gasteiger partial charge in [0.15, 0.2) is 0 Å². The van der Waals surface area contributed by atoms with Gasteiger partial charge >= 0.3 is 0 Å². The van der Waals surface area contributed by atoms with Gasteiger partial charge in [-0.15, -0.1) is 0 Å². The van der Waals surface area contributed by atoms with Crippen molar-refractivity contribution in [1.29, 1.82) is 0 Å². The second kappa shape index (κ2) is 13.3. The lowest BCUT2D eigenvalue weighted by molar-refractivity contribution is 0.102. The summed E-state index contributed by atoms with van der Waals surface area (Å²) in [7, 11) is 0. The minimum absolute atomic E-state index is 0.164. The smallest absolute Gasteiger partial charge is 0.255 e. The van der Waals surface area contributed by atoms with E-state index in [0.717, 1.165) is 40.9 Å². The molecule has 0 saturated heterocycles. The Morgan fingerprint density at radius 3 is 2.41 bits per heavy atom. The first-order valence-corrected chi connectivity index (χ1v) is 11.4. The zero-order valence-electron chi connectivity index (χ0n) is 17.5. The van der Waals surface area contributed by atoms with Crippen LogP contribution in [0, 0.1) is 0 Å². The second-order valence-corrected chi connectivity index (χ2v) is 7.95. The molecule has 0 aliphatic carbocycles. The molecule has 0 aliphatic rings. The molecule has 4 nitrogen and oxygen atoms in total. The number of unbranched alkanes of at least 4 members (excludes halogenated alkanes) is 5. The fraction of sp³-hybridized carbons (Fsp3) is 0.458. The van der Waals surface area contributed by atoms with E-state index in [0.29, 0.717) is 18.8 Å². The van der Waals surface area contributed by atoms with E-state index < -0.39 is 0 Å². The molecule has 0 radical (unpaired) electrons. The molecule has 0 saturated carbocycles.